The van der Waals surface area contributed by atoms with Crippen LogP contribution >= 0.6 is 0 Å². The summed E-state index contributed by atoms with van der Waals surface area (Å²) < 4.78 is 0. The Balaban J connectivity index is 2.28. The monoisotopic (exact) mass is 211 g/mol. The van der Waals surface area contributed by atoms with Crippen molar-refractivity contribution in [2.24, 2.45) is 0 Å². The standard InChI is InChI=1S/C15H17N/c1-15(2)13-6-4-3-5-11(13)12-8-7-10(16)9-14(12)15/h4,6-9H,3,5,16H2,1-2H3. The fourth-order valence-electron chi connectivity index (χ4n) is 3.02. The largest absolute Gasteiger partial charge is 0.399 e. The van der Waals surface area contributed by atoms with Crippen molar-refractivity contribution in [3.05, 3.63) is 47.1 Å². The van der Waals surface area contributed by atoms with Crippen LogP contribution in [-0.2, 0) is 5.41 Å². The number of nitrogen functional groups attached to an aromatic ring is 1. The van der Waals surface area contributed by atoms with Gasteiger partial charge in [-0.05, 0) is 47.2 Å². The summed E-state index contributed by atoms with van der Waals surface area (Å²) in [4.78, 5) is 0. The number of benzene rings is 1. The molecule has 1 aromatic rings. The lowest BCUT2D eigenvalue weighted by atomic mass is 9.80. The van der Waals surface area contributed by atoms with Crippen LogP contribution in [-0.4, -0.2) is 0 Å². The SMILES string of the molecule is CC1(C)C2=C(CCC=C2)c2ccc(N)cc21. The summed E-state index contributed by atoms with van der Waals surface area (Å²) in [7, 11) is 0. The molecule has 0 fully saturated rings. The van der Waals surface area contributed by atoms with Crippen molar-refractivity contribution in [2.45, 2.75) is 32.1 Å². The molecule has 0 saturated carbocycles. The number of allylic oxidation sites excluding steroid dienone is 4. The van der Waals surface area contributed by atoms with Crippen LogP contribution in [0, 0.1) is 0 Å². The van der Waals surface area contributed by atoms with Crippen LogP contribution in [0.2, 0.25) is 0 Å². The van der Waals surface area contributed by atoms with E-state index in [1.165, 1.54) is 35.1 Å². The molecule has 0 unspecified atom stereocenters. The summed E-state index contributed by atoms with van der Waals surface area (Å²) in [6.07, 6.45) is 6.93. The Morgan fingerprint density at radius 1 is 1.25 bits per heavy atom. The lowest BCUT2D eigenvalue weighted by molar-refractivity contribution is 0.651. The van der Waals surface area contributed by atoms with E-state index in [0.29, 0.717) is 0 Å². The third kappa shape index (κ3) is 1.12. The van der Waals surface area contributed by atoms with Crippen molar-refractivity contribution < 1.29 is 0 Å². The van der Waals surface area contributed by atoms with Crippen LogP contribution in [0.1, 0.15) is 37.8 Å². The highest BCUT2D eigenvalue weighted by molar-refractivity contribution is 5.84. The molecular formula is C15H17N. The van der Waals surface area contributed by atoms with E-state index in [1.54, 1.807) is 0 Å². The van der Waals surface area contributed by atoms with E-state index < -0.39 is 0 Å². The van der Waals surface area contributed by atoms with Crippen molar-refractivity contribution in [2.75, 3.05) is 5.73 Å². The van der Waals surface area contributed by atoms with Gasteiger partial charge in [0.05, 0.1) is 0 Å². The average Bonchev–Trinajstić information content (AvgIpc) is 2.49. The molecule has 1 aromatic carbocycles. The number of anilines is 1. The topological polar surface area (TPSA) is 26.0 Å². The number of rotatable bonds is 0. The normalized spacial score (nSPS) is 20.9. The maximum absolute atomic E-state index is 5.90. The fourth-order valence-corrected chi connectivity index (χ4v) is 3.02. The zero-order chi connectivity index (χ0) is 11.3. The van der Waals surface area contributed by atoms with E-state index in [4.69, 9.17) is 5.73 Å². The van der Waals surface area contributed by atoms with Gasteiger partial charge >= 0.3 is 0 Å². The minimum absolute atomic E-state index is 0.122. The summed E-state index contributed by atoms with van der Waals surface area (Å²) in [6, 6.07) is 6.35. The average molecular weight is 211 g/mol. The molecule has 2 aliphatic carbocycles. The third-order valence-electron chi connectivity index (χ3n) is 3.89. The van der Waals surface area contributed by atoms with Gasteiger partial charge in [0.2, 0.25) is 0 Å². The lowest BCUT2D eigenvalue weighted by Crippen LogP contribution is -2.16. The molecule has 0 amide bonds. The number of fused-ring (bicyclic) bond motifs is 2. The van der Waals surface area contributed by atoms with Gasteiger partial charge in [-0.25, -0.2) is 0 Å². The zero-order valence-electron chi connectivity index (χ0n) is 9.88. The summed E-state index contributed by atoms with van der Waals surface area (Å²) >= 11 is 0. The predicted octanol–water partition coefficient (Wildman–Crippen LogP) is 3.66. The Hall–Kier alpha value is -1.50. The molecule has 0 aliphatic heterocycles. The lowest BCUT2D eigenvalue weighted by Gasteiger charge is -2.24. The van der Waals surface area contributed by atoms with Crippen molar-refractivity contribution in [1.29, 1.82) is 0 Å². The van der Waals surface area contributed by atoms with Gasteiger partial charge < -0.3 is 5.73 Å². The predicted molar refractivity (Wildman–Crippen MR) is 69.2 cm³/mol. The molecule has 1 heteroatoms. The highest BCUT2D eigenvalue weighted by atomic mass is 14.6. The molecule has 0 atom stereocenters. The van der Waals surface area contributed by atoms with E-state index in [1.807, 2.05) is 6.07 Å². The Labute approximate surface area is 96.7 Å². The third-order valence-corrected chi connectivity index (χ3v) is 3.89. The minimum atomic E-state index is 0.122. The zero-order valence-corrected chi connectivity index (χ0v) is 9.88. The number of nitrogens with two attached hydrogens (primary N) is 1. The number of hydrogen-bond acceptors (Lipinski definition) is 1. The van der Waals surface area contributed by atoms with Crippen LogP contribution < -0.4 is 5.73 Å². The Kier molecular flexibility index (Phi) is 1.82. The quantitative estimate of drug-likeness (QED) is 0.651. The van der Waals surface area contributed by atoms with E-state index in [0.717, 1.165) is 5.69 Å². The molecule has 16 heavy (non-hydrogen) atoms. The summed E-state index contributed by atoms with van der Waals surface area (Å²) in [5, 5.41) is 0. The molecule has 0 bridgehead atoms. The smallest absolute Gasteiger partial charge is 0.0317 e. The van der Waals surface area contributed by atoms with Gasteiger partial charge in [0.1, 0.15) is 0 Å². The van der Waals surface area contributed by atoms with E-state index in [-0.39, 0.29) is 5.41 Å². The Bertz CT molecular complexity index is 518. The first-order chi connectivity index (χ1) is 7.60. The van der Waals surface area contributed by atoms with Gasteiger partial charge in [-0.2, -0.15) is 0 Å². The minimum Gasteiger partial charge on any atom is -0.399 e. The van der Waals surface area contributed by atoms with Gasteiger partial charge in [-0.1, -0.05) is 32.1 Å². The molecule has 3 rings (SSSR count). The Morgan fingerprint density at radius 3 is 2.88 bits per heavy atom. The van der Waals surface area contributed by atoms with Crippen LogP contribution in [0.15, 0.2) is 35.9 Å². The van der Waals surface area contributed by atoms with Gasteiger partial charge in [-0.3, -0.25) is 0 Å². The first-order valence-corrected chi connectivity index (χ1v) is 5.91. The molecule has 82 valence electrons. The van der Waals surface area contributed by atoms with E-state index >= 15 is 0 Å². The molecule has 0 saturated heterocycles. The van der Waals surface area contributed by atoms with Gasteiger partial charge in [0, 0.05) is 11.1 Å². The second-order valence-corrected chi connectivity index (χ2v) is 5.26. The molecule has 0 spiro atoms. The molecule has 0 radical (unpaired) electrons. The van der Waals surface area contributed by atoms with Crippen LogP contribution in [0.3, 0.4) is 0 Å². The second-order valence-electron chi connectivity index (χ2n) is 5.26. The van der Waals surface area contributed by atoms with Gasteiger partial charge in [0.15, 0.2) is 0 Å². The fraction of sp³-hybridized carbons (Fsp3) is 0.333. The van der Waals surface area contributed by atoms with Crippen LogP contribution in [0.4, 0.5) is 5.69 Å². The van der Waals surface area contributed by atoms with Crippen molar-refractivity contribution >= 4 is 11.3 Å². The van der Waals surface area contributed by atoms with Gasteiger partial charge in [-0.15, -0.1) is 0 Å². The Morgan fingerprint density at radius 2 is 2.06 bits per heavy atom. The first kappa shape index (κ1) is 9.71. The van der Waals surface area contributed by atoms with Crippen molar-refractivity contribution in [1.82, 2.24) is 0 Å². The second kappa shape index (κ2) is 3.00. The molecular weight excluding hydrogens is 194 g/mol. The van der Waals surface area contributed by atoms with Crippen LogP contribution in [0.25, 0.3) is 5.57 Å². The summed E-state index contributed by atoms with van der Waals surface area (Å²) in [6.45, 7) is 4.59. The van der Waals surface area contributed by atoms with E-state index in [9.17, 15) is 0 Å². The molecule has 0 aromatic heterocycles. The highest BCUT2D eigenvalue weighted by Crippen LogP contribution is 2.50. The molecule has 2 aliphatic rings. The molecule has 2 N–H and O–H groups in total. The summed E-state index contributed by atoms with van der Waals surface area (Å²) in [5.74, 6) is 0. The maximum Gasteiger partial charge on any atom is 0.0317 e. The summed E-state index contributed by atoms with van der Waals surface area (Å²) in [5.41, 5.74) is 12.7. The molecule has 1 nitrogen and oxygen atoms in total. The first-order valence-electron chi connectivity index (χ1n) is 5.91. The maximum atomic E-state index is 5.90. The van der Waals surface area contributed by atoms with Crippen molar-refractivity contribution in [3.63, 3.8) is 0 Å². The highest BCUT2D eigenvalue weighted by Gasteiger charge is 2.36. The van der Waals surface area contributed by atoms with Crippen molar-refractivity contribution in [3.8, 4) is 0 Å². The number of hydrogen-bond donors (Lipinski definition) is 1. The van der Waals surface area contributed by atoms with E-state index in [2.05, 4.69) is 38.1 Å². The van der Waals surface area contributed by atoms with Gasteiger partial charge in [0.25, 0.3) is 0 Å². The van der Waals surface area contributed by atoms with Crippen LogP contribution in [0.5, 0.6) is 0 Å². The molecule has 0 heterocycles.